The number of hydrogen-bond acceptors (Lipinski definition) is 5. The Bertz CT molecular complexity index is 1470. The molecule has 4 aromatic rings. The molecule has 0 saturated carbocycles. The van der Waals surface area contributed by atoms with Crippen molar-refractivity contribution in [3.05, 3.63) is 108 Å². The molecule has 1 saturated heterocycles. The first kappa shape index (κ1) is 25.2. The Labute approximate surface area is 225 Å². The fourth-order valence-corrected chi connectivity index (χ4v) is 4.91. The molecule has 38 heavy (non-hydrogen) atoms. The molecule has 3 N–H and O–H groups in total. The lowest BCUT2D eigenvalue weighted by Crippen LogP contribution is -2.32. The molecular formula is C29H26N4O4S. The Kier molecular flexibility index (Phi) is 7.19. The number of anilines is 1. The highest BCUT2D eigenvalue weighted by molar-refractivity contribution is 7.80. The van der Waals surface area contributed by atoms with Crippen LogP contribution in [0.25, 0.3) is 11.3 Å². The Hall–Kier alpha value is -4.50. The van der Waals surface area contributed by atoms with Crippen LogP contribution >= 0.6 is 12.2 Å². The average Bonchev–Trinajstić information content (AvgIpc) is 3.53. The van der Waals surface area contributed by atoms with Gasteiger partial charge in [0.05, 0.1) is 17.3 Å². The molecule has 5 rings (SSSR count). The summed E-state index contributed by atoms with van der Waals surface area (Å²) in [6, 6.07) is 22.8. The van der Waals surface area contributed by atoms with E-state index < -0.39 is 12.0 Å². The van der Waals surface area contributed by atoms with Gasteiger partial charge in [-0.25, -0.2) is 4.79 Å². The summed E-state index contributed by atoms with van der Waals surface area (Å²) in [6.45, 7) is 2.34. The van der Waals surface area contributed by atoms with Gasteiger partial charge in [0, 0.05) is 30.4 Å². The molecule has 0 unspecified atom stereocenters. The minimum Gasteiger partial charge on any atom is -0.478 e. The Morgan fingerprint density at radius 1 is 1.05 bits per heavy atom. The summed E-state index contributed by atoms with van der Waals surface area (Å²) in [5.74, 6) is -0.142. The third-order valence-electron chi connectivity index (χ3n) is 6.45. The molecule has 1 amide bonds. The predicted molar refractivity (Wildman–Crippen MR) is 148 cm³/mol. The largest absolute Gasteiger partial charge is 0.478 e. The fraction of sp³-hybridized carbons (Fsp3) is 0.172. The summed E-state index contributed by atoms with van der Waals surface area (Å²) < 4.78 is 6.26. The maximum Gasteiger partial charge on any atom is 0.336 e. The standard InChI is InChI=1S/C29H26N4O4S/c1-18-9-11-19(12-10-18)31-25(34)15-17-33-27(26(32-29(33)38)22-8-4-5-16-30-22)24-14-13-23(37-24)20-6-2-3-7-21(20)28(35)36/h2-14,16,26-27H,15,17H2,1H3,(H,31,34)(H,32,38)(H,35,36)/t26-,27+/m1/s1. The van der Waals surface area contributed by atoms with Gasteiger partial charge in [-0.15, -0.1) is 0 Å². The van der Waals surface area contributed by atoms with Gasteiger partial charge < -0.3 is 25.1 Å². The lowest BCUT2D eigenvalue weighted by Gasteiger charge is -2.25. The average molecular weight is 527 g/mol. The number of carbonyl (C=O) groups excluding carboxylic acids is 1. The molecule has 2 aromatic carbocycles. The van der Waals surface area contributed by atoms with Crippen molar-refractivity contribution in [1.82, 2.24) is 15.2 Å². The van der Waals surface area contributed by atoms with Crippen LogP contribution in [-0.2, 0) is 4.79 Å². The number of furan rings is 1. The van der Waals surface area contributed by atoms with E-state index in [1.165, 1.54) is 0 Å². The first-order valence-electron chi connectivity index (χ1n) is 12.2. The number of carboxylic acids is 1. The van der Waals surface area contributed by atoms with Crippen LogP contribution in [0.3, 0.4) is 0 Å². The molecule has 192 valence electrons. The van der Waals surface area contributed by atoms with E-state index in [0.29, 0.717) is 28.7 Å². The van der Waals surface area contributed by atoms with Crippen LogP contribution in [0.5, 0.6) is 0 Å². The summed E-state index contributed by atoms with van der Waals surface area (Å²) in [6.07, 6.45) is 1.92. The van der Waals surface area contributed by atoms with E-state index in [9.17, 15) is 14.7 Å². The van der Waals surface area contributed by atoms with E-state index in [2.05, 4.69) is 15.6 Å². The number of aromatic nitrogens is 1. The first-order chi connectivity index (χ1) is 18.4. The van der Waals surface area contributed by atoms with Crippen LogP contribution in [0.1, 0.15) is 45.9 Å². The number of aryl methyl sites for hydroxylation is 1. The molecule has 8 nitrogen and oxygen atoms in total. The van der Waals surface area contributed by atoms with Crippen molar-refractivity contribution in [2.45, 2.75) is 25.4 Å². The van der Waals surface area contributed by atoms with E-state index in [1.807, 2.05) is 60.4 Å². The fourth-order valence-electron chi connectivity index (χ4n) is 4.58. The molecular weight excluding hydrogens is 500 g/mol. The minimum absolute atomic E-state index is 0.132. The molecule has 0 spiro atoms. The van der Waals surface area contributed by atoms with Crippen LogP contribution in [0, 0.1) is 6.92 Å². The molecule has 2 aromatic heterocycles. The predicted octanol–water partition coefficient (Wildman–Crippen LogP) is 5.35. The zero-order valence-electron chi connectivity index (χ0n) is 20.6. The van der Waals surface area contributed by atoms with E-state index in [4.69, 9.17) is 16.6 Å². The van der Waals surface area contributed by atoms with Crippen molar-refractivity contribution in [1.29, 1.82) is 0 Å². The van der Waals surface area contributed by atoms with Crippen molar-refractivity contribution in [3.63, 3.8) is 0 Å². The van der Waals surface area contributed by atoms with Gasteiger partial charge in [0.1, 0.15) is 17.6 Å². The summed E-state index contributed by atoms with van der Waals surface area (Å²) in [4.78, 5) is 31.0. The third kappa shape index (κ3) is 5.28. The maximum atomic E-state index is 12.8. The first-order valence-corrected chi connectivity index (χ1v) is 12.6. The van der Waals surface area contributed by atoms with Gasteiger partial charge in [-0.3, -0.25) is 9.78 Å². The zero-order valence-corrected chi connectivity index (χ0v) is 21.4. The quantitative estimate of drug-likeness (QED) is 0.264. The van der Waals surface area contributed by atoms with E-state index in [-0.39, 0.29) is 23.9 Å². The van der Waals surface area contributed by atoms with Crippen LogP contribution in [-0.4, -0.2) is 38.5 Å². The number of thiocarbonyl (C=S) groups is 1. The number of amides is 1. The number of nitrogens with one attached hydrogen (secondary N) is 2. The topological polar surface area (TPSA) is 108 Å². The Balaban J connectivity index is 1.42. The number of hydrogen-bond donors (Lipinski definition) is 3. The highest BCUT2D eigenvalue weighted by atomic mass is 32.1. The van der Waals surface area contributed by atoms with Crippen molar-refractivity contribution in [2.75, 3.05) is 11.9 Å². The number of benzene rings is 2. The highest BCUT2D eigenvalue weighted by Crippen LogP contribution is 2.40. The zero-order chi connectivity index (χ0) is 26.6. The van der Waals surface area contributed by atoms with Gasteiger partial charge >= 0.3 is 5.97 Å². The Morgan fingerprint density at radius 2 is 1.82 bits per heavy atom. The van der Waals surface area contributed by atoms with Gasteiger partial charge in [0.15, 0.2) is 5.11 Å². The third-order valence-corrected chi connectivity index (χ3v) is 6.81. The lowest BCUT2D eigenvalue weighted by atomic mass is 10.0. The highest BCUT2D eigenvalue weighted by Gasteiger charge is 2.41. The molecule has 0 aliphatic carbocycles. The number of pyridine rings is 1. The van der Waals surface area contributed by atoms with Crippen molar-refractivity contribution >= 4 is 34.9 Å². The van der Waals surface area contributed by atoms with Crippen LogP contribution in [0.4, 0.5) is 5.69 Å². The van der Waals surface area contributed by atoms with Gasteiger partial charge in [0.2, 0.25) is 5.91 Å². The number of nitrogens with zero attached hydrogens (tertiary/aromatic N) is 2. The summed E-state index contributed by atoms with van der Waals surface area (Å²) in [5, 5.41) is 16.4. The summed E-state index contributed by atoms with van der Waals surface area (Å²) in [7, 11) is 0. The van der Waals surface area contributed by atoms with Crippen molar-refractivity contribution in [3.8, 4) is 11.3 Å². The molecule has 2 atom stereocenters. The smallest absolute Gasteiger partial charge is 0.336 e. The number of carboxylic acid groups (broad SMARTS) is 1. The van der Waals surface area contributed by atoms with Crippen LogP contribution < -0.4 is 10.6 Å². The molecule has 0 radical (unpaired) electrons. The van der Waals surface area contributed by atoms with Gasteiger partial charge in [-0.2, -0.15) is 0 Å². The van der Waals surface area contributed by atoms with Crippen molar-refractivity contribution < 1.29 is 19.1 Å². The number of aromatic carboxylic acids is 1. The molecule has 1 aliphatic rings. The Morgan fingerprint density at radius 3 is 2.55 bits per heavy atom. The van der Waals surface area contributed by atoms with E-state index in [1.54, 1.807) is 36.5 Å². The summed E-state index contributed by atoms with van der Waals surface area (Å²) in [5.41, 5.74) is 3.26. The number of rotatable bonds is 8. The SMILES string of the molecule is Cc1ccc(NC(=O)CCN2C(=S)N[C@H](c3ccccn3)[C@@H]2c2ccc(-c3ccccc3C(=O)O)o2)cc1. The second-order valence-corrected chi connectivity index (χ2v) is 9.42. The monoisotopic (exact) mass is 526 g/mol. The second kappa shape index (κ2) is 10.9. The van der Waals surface area contributed by atoms with E-state index >= 15 is 0 Å². The summed E-state index contributed by atoms with van der Waals surface area (Å²) >= 11 is 5.68. The number of carbonyl (C=O) groups is 2. The van der Waals surface area contributed by atoms with Gasteiger partial charge in [0.25, 0.3) is 0 Å². The molecule has 9 heteroatoms. The minimum atomic E-state index is -1.03. The molecule has 1 aliphatic heterocycles. The normalized spacial score (nSPS) is 16.8. The lowest BCUT2D eigenvalue weighted by molar-refractivity contribution is -0.116. The van der Waals surface area contributed by atoms with Gasteiger partial charge in [-0.1, -0.05) is 42.0 Å². The molecule has 1 fully saturated rings. The molecule has 3 heterocycles. The van der Waals surface area contributed by atoms with E-state index in [0.717, 1.165) is 16.9 Å². The maximum absolute atomic E-state index is 12.8. The van der Waals surface area contributed by atoms with Crippen molar-refractivity contribution in [2.24, 2.45) is 0 Å². The van der Waals surface area contributed by atoms with Gasteiger partial charge in [-0.05, 0) is 61.6 Å². The second-order valence-electron chi connectivity index (χ2n) is 9.04. The van der Waals surface area contributed by atoms with Crippen LogP contribution in [0.2, 0.25) is 0 Å². The van der Waals surface area contributed by atoms with Crippen LogP contribution in [0.15, 0.2) is 89.5 Å². The molecule has 0 bridgehead atoms.